The van der Waals surface area contributed by atoms with Crippen LogP contribution in [0, 0.1) is 11.3 Å². The van der Waals surface area contributed by atoms with Gasteiger partial charge in [0, 0.05) is 17.4 Å². The molecule has 0 aromatic rings. The van der Waals surface area contributed by atoms with Crippen LogP contribution in [0.2, 0.25) is 0 Å². The fraction of sp³-hybridized carbons (Fsp3) is 0.667. The highest BCUT2D eigenvalue weighted by molar-refractivity contribution is 7.99. The van der Waals surface area contributed by atoms with Gasteiger partial charge in [-0.05, 0) is 6.42 Å². The predicted molar refractivity (Wildman–Crippen MR) is 68.1 cm³/mol. The van der Waals surface area contributed by atoms with Gasteiger partial charge in [-0.1, -0.05) is 6.08 Å². The average molecular weight is 274 g/mol. The largest absolute Gasteiger partial charge is 0.468 e. The Labute approximate surface area is 111 Å². The van der Waals surface area contributed by atoms with Crippen molar-refractivity contribution in [2.75, 3.05) is 31.8 Å². The summed E-state index contributed by atoms with van der Waals surface area (Å²) < 4.78 is 9.73. The van der Waals surface area contributed by atoms with Crippen molar-refractivity contribution >= 4 is 23.7 Å². The molecule has 1 rings (SSSR count). The second-order valence-electron chi connectivity index (χ2n) is 3.98. The number of allylic oxidation sites excluding steroid dienone is 1. The Balaban J connectivity index is 2.43. The molecule has 18 heavy (non-hydrogen) atoms. The summed E-state index contributed by atoms with van der Waals surface area (Å²) in [4.78, 5) is 23.5. The highest BCUT2D eigenvalue weighted by Crippen LogP contribution is 2.55. The summed E-state index contributed by atoms with van der Waals surface area (Å²) in [6.45, 7) is 3.92. The molecule has 0 aliphatic heterocycles. The van der Waals surface area contributed by atoms with Gasteiger partial charge in [0.05, 0.1) is 13.7 Å². The van der Waals surface area contributed by atoms with Gasteiger partial charge in [0.25, 0.3) is 0 Å². The Hall–Kier alpha value is -1.01. The minimum atomic E-state index is -1.17. The van der Waals surface area contributed by atoms with Crippen LogP contribution in [0.15, 0.2) is 12.7 Å². The van der Waals surface area contributed by atoms with E-state index >= 15 is 0 Å². The molecule has 1 fully saturated rings. The topological polar surface area (TPSA) is 72.8 Å². The van der Waals surface area contributed by atoms with Crippen LogP contribution in [0.1, 0.15) is 6.42 Å². The summed E-state index contributed by atoms with van der Waals surface area (Å²) in [7, 11) is 1.26. The van der Waals surface area contributed by atoms with Crippen molar-refractivity contribution < 1.29 is 24.2 Å². The summed E-state index contributed by atoms with van der Waals surface area (Å²) in [6.07, 6.45) is 1.99. The van der Waals surface area contributed by atoms with Gasteiger partial charge in [-0.15, -0.1) is 6.58 Å². The number of ether oxygens (including phenoxy) is 2. The number of carbonyl (C=O) groups is 2. The number of aliphatic hydroxyl groups is 1. The van der Waals surface area contributed by atoms with Crippen LogP contribution in [0.5, 0.6) is 0 Å². The first-order chi connectivity index (χ1) is 8.63. The molecule has 2 unspecified atom stereocenters. The number of aliphatic hydroxyl groups excluding tert-OH is 1. The van der Waals surface area contributed by atoms with E-state index in [-0.39, 0.29) is 19.1 Å². The third kappa shape index (κ3) is 3.05. The molecule has 5 nitrogen and oxygen atoms in total. The molecular formula is C12H18O5S. The molecule has 0 aromatic carbocycles. The molecule has 0 amide bonds. The summed E-state index contributed by atoms with van der Waals surface area (Å²) in [5, 5.41) is 8.58. The summed E-state index contributed by atoms with van der Waals surface area (Å²) in [5.41, 5.74) is -1.17. The lowest BCUT2D eigenvalue weighted by molar-refractivity contribution is -0.163. The van der Waals surface area contributed by atoms with Gasteiger partial charge >= 0.3 is 11.9 Å². The average Bonchev–Trinajstić information content (AvgIpc) is 3.13. The molecule has 0 aromatic heterocycles. The van der Waals surface area contributed by atoms with Gasteiger partial charge < -0.3 is 14.6 Å². The van der Waals surface area contributed by atoms with Gasteiger partial charge in [-0.3, -0.25) is 9.59 Å². The van der Waals surface area contributed by atoms with Crippen LogP contribution in [-0.2, 0) is 19.1 Å². The van der Waals surface area contributed by atoms with E-state index in [2.05, 4.69) is 11.3 Å². The van der Waals surface area contributed by atoms with Crippen molar-refractivity contribution in [3.8, 4) is 0 Å². The van der Waals surface area contributed by atoms with E-state index in [1.807, 2.05) is 0 Å². The van der Waals surface area contributed by atoms with Crippen LogP contribution < -0.4 is 0 Å². The Kier molecular flexibility index (Phi) is 5.68. The van der Waals surface area contributed by atoms with Crippen molar-refractivity contribution in [3.05, 3.63) is 12.7 Å². The number of thioether (sulfide) groups is 1. The normalized spacial score (nSPS) is 25.3. The molecule has 0 saturated heterocycles. The third-order valence-corrected chi connectivity index (χ3v) is 3.84. The number of methoxy groups -OCH3 is 1. The van der Waals surface area contributed by atoms with Crippen LogP contribution in [0.4, 0.5) is 0 Å². The zero-order chi connectivity index (χ0) is 13.6. The fourth-order valence-corrected chi connectivity index (χ4v) is 2.33. The second kappa shape index (κ2) is 6.80. The molecule has 1 N–H and O–H groups in total. The van der Waals surface area contributed by atoms with Crippen molar-refractivity contribution in [3.63, 3.8) is 0 Å². The lowest BCUT2D eigenvalue weighted by Gasteiger charge is -2.13. The monoisotopic (exact) mass is 274 g/mol. The smallest absolute Gasteiger partial charge is 0.324 e. The molecule has 1 aliphatic carbocycles. The van der Waals surface area contributed by atoms with E-state index in [9.17, 15) is 9.59 Å². The third-order valence-electron chi connectivity index (χ3n) is 2.91. The van der Waals surface area contributed by atoms with Gasteiger partial charge in [-0.2, -0.15) is 11.8 Å². The van der Waals surface area contributed by atoms with E-state index in [0.29, 0.717) is 17.9 Å². The molecule has 0 radical (unpaired) electrons. The molecule has 0 heterocycles. The first-order valence-corrected chi connectivity index (χ1v) is 6.85. The molecule has 2 atom stereocenters. The molecular weight excluding hydrogens is 256 g/mol. The number of hydrogen-bond donors (Lipinski definition) is 1. The van der Waals surface area contributed by atoms with Crippen molar-refractivity contribution in [2.45, 2.75) is 6.42 Å². The van der Waals surface area contributed by atoms with Crippen LogP contribution in [0.3, 0.4) is 0 Å². The highest BCUT2D eigenvalue weighted by atomic mass is 32.2. The zero-order valence-electron chi connectivity index (χ0n) is 10.4. The van der Waals surface area contributed by atoms with E-state index in [0.717, 1.165) is 0 Å². The Morgan fingerprint density at radius 2 is 2.22 bits per heavy atom. The van der Waals surface area contributed by atoms with Gasteiger partial charge in [0.2, 0.25) is 0 Å². The minimum absolute atomic E-state index is 0.100. The van der Waals surface area contributed by atoms with Crippen molar-refractivity contribution in [1.29, 1.82) is 0 Å². The summed E-state index contributed by atoms with van der Waals surface area (Å²) in [6, 6.07) is 0. The number of carbonyl (C=O) groups excluding carboxylic acids is 2. The van der Waals surface area contributed by atoms with Gasteiger partial charge in [0.1, 0.15) is 6.61 Å². The standard InChI is InChI=1S/C12H18O5S/c1-3-9-8-12(9,10(14)16-2)11(15)17-5-7-18-6-4-13/h3,9,13H,1,4-8H2,2H3. The van der Waals surface area contributed by atoms with Gasteiger partial charge in [0.15, 0.2) is 5.41 Å². The van der Waals surface area contributed by atoms with Crippen molar-refractivity contribution in [1.82, 2.24) is 0 Å². The summed E-state index contributed by atoms with van der Waals surface area (Å²) >= 11 is 1.48. The van der Waals surface area contributed by atoms with E-state index < -0.39 is 17.4 Å². The number of rotatable bonds is 8. The van der Waals surface area contributed by atoms with Crippen molar-refractivity contribution in [2.24, 2.45) is 11.3 Å². The van der Waals surface area contributed by atoms with E-state index in [1.165, 1.54) is 18.9 Å². The molecule has 0 spiro atoms. The molecule has 0 bridgehead atoms. The lowest BCUT2D eigenvalue weighted by Crippen LogP contribution is -2.31. The Morgan fingerprint density at radius 3 is 2.72 bits per heavy atom. The fourth-order valence-electron chi connectivity index (χ4n) is 1.80. The second-order valence-corrected chi connectivity index (χ2v) is 5.21. The Bertz CT molecular complexity index is 330. The van der Waals surface area contributed by atoms with E-state index in [1.54, 1.807) is 6.08 Å². The number of esters is 2. The first-order valence-electron chi connectivity index (χ1n) is 5.70. The van der Waals surface area contributed by atoms with E-state index in [4.69, 9.17) is 9.84 Å². The SMILES string of the molecule is C=CC1CC1(C(=O)OC)C(=O)OCCSCCO. The van der Waals surface area contributed by atoms with Crippen LogP contribution in [0.25, 0.3) is 0 Å². The Morgan fingerprint density at radius 1 is 1.50 bits per heavy atom. The maximum atomic E-state index is 11.9. The highest BCUT2D eigenvalue weighted by Gasteiger charge is 2.66. The lowest BCUT2D eigenvalue weighted by atomic mass is 10.0. The zero-order valence-corrected chi connectivity index (χ0v) is 11.2. The van der Waals surface area contributed by atoms with Gasteiger partial charge in [-0.25, -0.2) is 0 Å². The molecule has 102 valence electrons. The molecule has 1 saturated carbocycles. The maximum Gasteiger partial charge on any atom is 0.324 e. The quantitative estimate of drug-likeness (QED) is 0.303. The molecule has 1 aliphatic rings. The maximum absolute atomic E-state index is 11.9. The molecule has 6 heteroatoms. The predicted octanol–water partition coefficient (Wildman–Crippen LogP) is 0.620. The minimum Gasteiger partial charge on any atom is -0.468 e. The summed E-state index contributed by atoms with van der Waals surface area (Å²) in [5.74, 6) is -0.0797. The number of hydrogen-bond acceptors (Lipinski definition) is 6. The van der Waals surface area contributed by atoms with Crippen LogP contribution in [-0.4, -0.2) is 48.9 Å². The first kappa shape index (κ1) is 15.0. The van der Waals surface area contributed by atoms with Crippen LogP contribution >= 0.6 is 11.8 Å².